The van der Waals surface area contributed by atoms with E-state index in [1.54, 1.807) is 0 Å². The van der Waals surface area contributed by atoms with E-state index in [4.69, 9.17) is 14.2 Å². The number of aliphatic hydroxyl groups excluding tert-OH is 1. The van der Waals surface area contributed by atoms with Gasteiger partial charge in [0.1, 0.15) is 11.3 Å². The number of cyclic esters (lactones) is 1. The molecule has 3 saturated heterocycles. The maximum Gasteiger partial charge on any atom is 0.345 e. The molecule has 0 aromatic rings. The minimum Gasteiger partial charge on any atom is -0.492 e. The third kappa shape index (κ3) is 3.15. The minimum atomic E-state index is -0.736. The molecule has 0 aromatic carbocycles. The smallest absolute Gasteiger partial charge is 0.345 e. The number of esters is 1. The van der Waals surface area contributed by atoms with Crippen LogP contribution in [0.15, 0.2) is 59.0 Å². The van der Waals surface area contributed by atoms with Crippen molar-refractivity contribution in [3.05, 3.63) is 59.0 Å². The monoisotopic (exact) mass is 521 g/mol. The first-order chi connectivity index (χ1) is 18.3. The highest BCUT2D eigenvalue weighted by molar-refractivity contribution is 5.94. The number of nitrogens with zero attached hydrogens (tertiary/aromatic N) is 1. The van der Waals surface area contributed by atoms with E-state index in [9.17, 15) is 15.0 Å². The van der Waals surface area contributed by atoms with Gasteiger partial charge in [-0.25, -0.2) is 4.79 Å². The maximum absolute atomic E-state index is 12.5. The number of allylic oxidation sites excluding steroid dienone is 2. The molecule has 2 aliphatic carbocycles. The van der Waals surface area contributed by atoms with Crippen LogP contribution in [0.3, 0.4) is 0 Å². The molecule has 2 bridgehead atoms. The number of carbonyl (C=O) groups excluding carboxylic acids is 1. The number of ether oxygens (including phenoxy) is 3. The number of methoxy groups -OCH3 is 1. The van der Waals surface area contributed by atoms with Gasteiger partial charge in [0.15, 0.2) is 11.5 Å². The molecule has 1 spiro atoms. The van der Waals surface area contributed by atoms with Crippen LogP contribution in [0.25, 0.3) is 0 Å². The molecular formula is C31H39NO6. The Morgan fingerprint density at radius 3 is 2.79 bits per heavy atom. The minimum absolute atomic E-state index is 0.0391. The van der Waals surface area contributed by atoms with E-state index in [1.165, 1.54) is 7.11 Å². The number of aliphatic hydroxyl groups is 2. The van der Waals surface area contributed by atoms with E-state index in [1.807, 2.05) is 0 Å². The van der Waals surface area contributed by atoms with Crippen molar-refractivity contribution in [3.63, 3.8) is 0 Å². The summed E-state index contributed by atoms with van der Waals surface area (Å²) in [5.41, 5.74) is -0.882. The van der Waals surface area contributed by atoms with Crippen molar-refractivity contribution < 1.29 is 29.2 Å². The lowest BCUT2D eigenvalue weighted by molar-refractivity contribution is -0.185. The summed E-state index contributed by atoms with van der Waals surface area (Å²) in [4.78, 5) is 15.2. The Balaban J connectivity index is 1.32. The number of rotatable bonds is 3. The fraction of sp³-hybridized carbons (Fsp3) is 0.645. The maximum atomic E-state index is 12.5. The van der Waals surface area contributed by atoms with Crippen LogP contribution in [0.4, 0.5) is 0 Å². The molecule has 7 heteroatoms. The Bertz CT molecular complexity index is 1210. The highest BCUT2D eigenvalue weighted by Gasteiger charge is 2.65. The van der Waals surface area contributed by atoms with Gasteiger partial charge in [-0.3, -0.25) is 4.90 Å². The van der Waals surface area contributed by atoms with Crippen molar-refractivity contribution in [2.24, 2.45) is 29.6 Å². The first-order valence-corrected chi connectivity index (χ1v) is 14.4. The molecule has 8 aliphatic rings. The van der Waals surface area contributed by atoms with E-state index in [0.717, 1.165) is 50.7 Å². The summed E-state index contributed by atoms with van der Waals surface area (Å²) in [6, 6.07) is 0.444. The molecule has 0 saturated carbocycles. The van der Waals surface area contributed by atoms with Gasteiger partial charge < -0.3 is 24.4 Å². The highest BCUT2D eigenvalue weighted by Crippen LogP contribution is 2.61. The second-order valence-corrected chi connectivity index (χ2v) is 12.6. The van der Waals surface area contributed by atoms with E-state index in [0.29, 0.717) is 23.5 Å². The van der Waals surface area contributed by atoms with Gasteiger partial charge in [0, 0.05) is 35.8 Å². The molecule has 0 radical (unpaired) electrons. The van der Waals surface area contributed by atoms with E-state index < -0.39 is 18.2 Å². The molecule has 3 fully saturated rings. The Labute approximate surface area is 224 Å². The highest BCUT2D eigenvalue weighted by atomic mass is 16.6. The molecule has 6 aliphatic heterocycles. The van der Waals surface area contributed by atoms with Crippen LogP contribution in [0.2, 0.25) is 0 Å². The molecule has 0 aromatic heterocycles. The van der Waals surface area contributed by atoms with Gasteiger partial charge in [0.2, 0.25) is 5.76 Å². The molecule has 8 rings (SSSR count). The topological polar surface area (TPSA) is 88.5 Å². The lowest BCUT2D eigenvalue weighted by Gasteiger charge is -2.65. The van der Waals surface area contributed by atoms with Crippen molar-refractivity contribution in [1.29, 1.82) is 0 Å². The van der Waals surface area contributed by atoms with Crippen LogP contribution in [-0.2, 0) is 19.0 Å². The van der Waals surface area contributed by atoms with Crippen molar-refractivity contribution in [2.45, 2.75) is 82.0 Å². The quantitative estimate of drug-likeness (QED) is 0.427. The van der Waals surface area contributed by atoms with Crippen LogP contribution >= 0.6 is 0 Å². The molecule has 38 heavy (non-hydrogen) atoms. The third-order valence-electron chi connectivity index (χ3n) is 10.8. The SMILES string of the molecule is COC1=C(CO)C(=O)OC1=C1OC2=CC3C=CC4(CCCC5N4C3CCC5(O)C3C=CCC(C)C3)C2C1C. The molecular weight excluding hydrogens is 482 g/mol. The van der Waals surface area contributed by atoms with Gasteiger partial charge in [0.25, 0.3) is 0 Å². The summed E-state index contributed by atoms with van der Waals surface area (Å²) in [5.74, 6) is 2.46. The third-order valence-corrected chi connectivity index (χ3v) is 10.8. The lowest BCUT2D eigenvalue weighted by Crippen LogP contribution is -2.74. The van der Waals surface area contributed by atoms with Crippen molar-refractivity contribution >= 4 is 5.97 Å². The van der Waals surface area contributed by atoms with E-state index in [-0.39, 0.29) is 46.6 Å². The number of hydrogen-bond acceptors (Lipinski definition) is 7. The van der Waals surface area contributed by atoms with Gasteiger partial charge in [-0.2, -0.15) is 0 Å². The van der Waals surface area contributed by atoms with Crippen LogP contribution in [0, 0.1) is 29.6 Å². The first kappa shape index (κ1) is 24.7. The van der Waals surface area contributed by atoms with E-state index >= 15 is 0 Å². The summed E-state index contributed by atoms with van der Waals surface area (Å²) in [6.07, 6.45) is 18.7. The summed E-state index contributed by atoms with van der Waals surface area (Å²) < 4.78 is 17.7. The van der Waals surface area contributed by atoms with E-state index in [2.05, 4.69) is 49.1 Å². The predicted octanol–water partition coefficient (Wildman–Crippen LogP) is 4.10. The van der Waals surface area contributed by atoms with Crippen LogP contribution in [0.1, 0.15) is 58.8 Å². The predicted molar refractivity (Wildman–Crippen MR) is 140 cm³/mol. The van der Waals surface area contributed by atoms with Gasteiger partial charge in [-0.1, -0.05) is 38.2 Å². The average molecular weight is 522 g/mol. The molecule has 6 heterocycles. The normalized spacial score (nSPS) is 47.3. The Hall–Kier alpha value is -2.35. The molecule has 7 nitrogen and oxygen atoms in total. The van der Waals surface area contributed by atoms with Gasteiger partial charge in [-0.15, -0.1) is 0 Å². The van der Waals surface area contributed by atoms with Crippen LogP contribution in [0.5, 0.6) is 0 Å². The fourth-order valence-electron chi connectivity index (χ4n) is 9.16. The van der Waals surface area contributed by atoms with Crippen molar-refractivity contribution in [2.75, 3.05) is 13.7 Å². The van der Waals surface area contributed by atoms with Crippen LogP contribution < -0.4 is 0 Å². The second-order valence-electron chi connectivity index (χ2n) is 12.6. The van der Waals surface area contributed by atoms with Crippen molar-refractivity contribution in [1.82, 2.24) is 4.90 Å². The van der Waals surface area contributed by atoms with Gasteiger partial charge in [-0.05, 0) is 56.9 Å². The van der Waals surface area contributed by atoms with Gasteiger partial charge in [0.05, 0.1) is 24.9 Å². The number of piperidine rings is 2. The summed E-state index contributed by atoms with van der Waals surface area (Å²) in [7, 11) is 1.49. The molecule has 0 amide bonds. The zero-order valence-electron chi connectivity index (χ0n) is 22.6. The molecule has 9 unspecified atom stereocenters. The van der Waals surface area contributed by atoms with Crippen LogP contribution in [-0.4, -0.2) is 58.0 Å². The Morgan fingerprint density at radius 2 is 2.03 bits per heavy atom. The second kappa shape index (κ2) is 8.57. The molecule has 2 N–H and O–H groups in total. The number of carbonyl (C=O) groups is 1. The summed E-state index contributed by atoms with van der Waals surface area (Å²) in [6.45, 7) is 4.00. The molecule has 9 atom stereocenters. The lowest BCUT2D eigenvalue weighted by atomic mass is 9.59. The largest absolute Gasteiger partial charge is 0.492 e. The Morgan fingerprint density at radius 1 is 1.18 bits per heavy atom. The average Bonchev–Trinajstić information content (AvgIpc) is 3.32. The van der Waals surface area contributed by atoms with Crippen molar-refractivity contribution in [3.8, 4) is 0 Å². The number of hydrogen-bond donors (Lipinski definition) is 2. The first-order valence-electron chi connectivity index (χ1n) is 14.4. The van der Waals surface area contributed by atoms with Gasteiger partial charge >= 0.3 is 5.97 Å². The standard InChI is InChI=1S/C31H39NO6/c1-17-6-4-7-20(14-17)31(35)13-10-22-19-9-12-30(11-5-8-24(31)32(22)30)25-18(2)26(37-23(25)15-19)28-27(36-3)21(16-33)29(34)38-28/h4,7,9,12,15,17-20,22,24-25,33,35H,5-6,8,10-11,13-14,16H2,1-3H3. The molecule has 204 valence electrons. The Kier molecular flexibility index (Phi) is 5.57. The fourth-order valence-corrected chi connectivity index (χ4v) is 9.16. The summed E-state index contributed by atoms with van der Waals surface area (Å²) in [5, 5.41) is 22.2. The zero-order chi connectivity index (χ0) is 26.4. The summed E-state index contributed by atoms with van der Waals surface area (Å²) >= 11 is 0. The zero-order valence-corrected chi connectivity index (χ0v) is 22.6.